The van der Waals surface area contributed by atoms with Gasteiger partial charge in [0, 0.05) is 11.9 Å². The number of nitrogens with one attached hydrogen (secondary N) is 2. The lowest BCUT2D eigenvalue weighted by Crippen LogP contribution is -2.47. The van der Waals surface area contributed by atoms with Crippen LogP contribution in [0.25, 0.3) is 0 Å². The zero-order valence-corrected chi connectivity index (χ0v) is 17.3. The average Bonchev–Trinajstić information content (AvgIpc) is 2.67. The van der Waals surface area contributed by atoms with Crippen LogP contribution >= 0.6 is 11.6 Å². The number of urea groups is 1. The molecule has 2 amide bonds. The zero-order chi connectivity index (χ0) is 22.8. The van der Waals surface area contributed by atoms with Gasteiger partial charge in [0.05, 0.1) is 16.3 Å². The summed E-state index contributed by atoms with van der Waals surface area (Å²) in [5.41, 5.74) is -1.34. The van der Waals surface area contributed by atoms with Crippen LogP contribution in [0.2, 0.25) is 5.02 Å². The Morgan fingerprint density at radius 1 is 1.03 bits per heavy atom. The van der Waals surface area contributed by atoms with Crippen LogP contribution in [-0.2, 0) is 11.7 Å². The Morgan fingerprint density at radius 3 is 2.35 bits per heavy atom. The fourth-order valence-corrected chi connectivity index (χ4v) is 3.22. The van der Waals surface area contributed by atoms with E-state index in [9.17, 15) is 22.4 Å². The van der Waals surface area contributed by atoms with Crippen LogP contribution in [0.15, 0.2) is 60.8 Å². The monoisotopic (exact) mass is 451 g/mol. The highest BCUT2D eigenvalue weighted by atomic mass is 35.5. The Morgan fingerprint density at radius 2 is 1.74 bits per heavy atom. The van der Waals surface area contributed by atoms with E-state index in [0.717, 1.165) is 17.7 Å². The number of carbonyl (C=O) groups excluding carboxylic acids is 1. The van der Waals surface area contributed by atoms with Crippen molar-refractivity contribution in [2.24, 2.45) is 0 Å². The molecule has 0 saturated heterocycles. The van der Waals surface area contributed by atoms with E-state index in [0.29, 0.717) is 16.8 Å². The van der Waals surface area contributed by atoms with Gasteiger partial charge in [0.2, 0.25) is 0 Å². The average molecular weight is 452 g/mol. The van der Waals surface area contributed by atoms with E-state index >= 15 is 0 Å². The van der Waals surface area contributed by atoms with Crippen molar-refractivity contribution in [1.82, 2.24) is 10.3 Å². The van der Waals surface area contributed by atoms with E-state index in [-0.39, 0.29) is 11.3 Å². The largest absolute Gasteiger partial charge is 0.416 e. The Kier molecular flexibility index (Phi) is 6.22. The van der Waals surface area contributed by atoms with Gasteiger partial charge >= 0.3 is 12.2 Å². The SMILES string of the molecule is Cc1cccc(NC(=O)NC(C)(c2cc(F)cc(C(F)(F)F)c2)c2ccc(Cl)cn2)c1. The molecule has 1 heterocycles. The van der Waals surface area contributed by atoms with Crippen molar-refractivity contribution in [3.05, 3.63) is 94.0 Å². The van der Waals surface area contributed by atoms with Crippen LogP contribution in [0.5, 0.6) is 0 Å². The Bertz CT molecular complexity index is 1100. The van der Waals surface area contributed by atoms with Crippen LogP contribution in [0.3, 0.4) is 0 Å². The molecule has 3 rings (SSSR count). The van der Waals surface area contributed by atoms with Crippen LogP contribution in [0.4, 0.5) is 28.0 Å². The second kappa shape index (κ2) is 8.55. The van der Waals surface area contributed by atoms with Crippen LogP contribution in [0, 0.1) is 12.7 Å². The summed E-state index contributed by atoms with van der Waals surface area (Å²) in [6.45, 7) is 3.28. The third kappa shape index (κ3) is 5.32. The molecule has 1 unspecified atom stereocenters. The van der Waals surface area contributed by atoms with Gasteiger partial charge in [-0.25, -0.2) is 9.18 Å². The second-order valence-electron chi connectivity index (χ2n) is 7.16. The van der Waals surface area contributed by atoms with Crippen LogP contribution in [0.1, 0.15) is 29.3 Å². The van der Waals surface area contributed by atoms with Gasteiger partial charge in [-0.05, 0) is 67.4 Å². The van der Waals surface area contributed by atoms with Gasteiger partial charge in [-0.3, -0.25) is 4.98 Å². The first-order chi connectivity index (χ1) is 14.5. The fraction of sp³-hybridized carbons (Fsp3) is 0.182. The van der Waals surface area contributed by atoms with Crippen molar-refractivity contribution in [3.63, 3.8) is 0 Å². The lowest BCUT2D eigenvalue weighted by molar-refractivity contribution is -0.137. The van der Waals surface area contributed by atoms with Gasteiger partial charge in [0.1, 0.15) is 11.4 Å². The fourth-order valence-electron chi connectivity index (χ4n) is 3.11. The summed E-state index contributed by atoms with van der Waals surface area (Å²) >= 11 is 5.87. The topological polar surface area (TPSA) is 54.0 Å². The van der Waals surface area contributed by atoms with Crippen molar-refractivity contribution in [3.8, 4) is 0 Å². The molecule has 0 spiro atoms. The molecule has 9 heteroatoms. The third-order valence-corrected chi connectivity index (χ3v) is 4.91. The maximum atomic E-state index is 14.1. The third-order valence-electron chi connectivity index (χ3n) is 4.68. The van der Waals surface area contributed by atoms with E-state index in [2.05, 4.69) is 15.6 Å². The van der Waals surface area contributed by atoms with Crippen LogP contribution in [-0.4, -0.2) is 11.0 Å². The lowest BCUT2D eigenvalue weighted by Gasteiger charge is -2.31. The molecule has 162 valence electrons. The van der Waals surface area contributed by atoms with E-state index < -0.39 is 29.1 Å². The molecular formula is C22H18ClF4N3O. The van der Waals surface area contributed by atoms with E-state index in [1.165, 1.54) is 25.3 Å². The van der Waals surface area contributed by atoms with E-state index in [4.69, 9.17) is 11.6 Å². The molecule has 2 aromatic carbocycles. The molecular weight excluding hydrogens is 434 g/mol. The number of benzene rings is 2. The van der Waals surface area contributed by atoms with E-state index in [1.54, 1.807) is 18.2 Å². The van der Waals surface area contributed by atoms with Crippen molar-refractivity contribution < 1.29 is 22.4 Å². The van der Waals surface area contributed by atoms with Crippen molar-refractivity contribution in [2.45, 2.75) is 25.6 Å². The molecule has 1 atom stereocenters. The molecule has 0 aliphatic carbocycles. The van der Waals surface area contributed by atoms with Crippen molar-refractivity contribution >= 4 is 23.3 Å². The van der Waals surface area contributed by atoms with Crippen LogP contribution < -0.4 is 10.6 Å². The molecule has 0 aliphatic heterocycles. The minimum atomic E-state index is -4.77. The van der Waals surface area contributed by atoms with Crippen molar-refractivity contribution in [2.75, 3.05) is 5.32 Å². The first-order valence-corrected chi connectivity index (χ1v) is 9.51. The maximum Gasteiger partial charge on any atom is 0.416 e. The number of hydrogen-bond donors (Lipinski definition) is 2. The molecule has 1 aromatic heterocycles. The number of aryl methyl sites for hydroxylation is 1. The first kappa shape index (κ1) is 22.6. The predicted molar refractivity (Wildman–Crippen MR) is 110 cm³/mol. The number of amides is 2. The van der Waals surface area contributed by atoms with Gasteiger partial charge in [-0.1, -0.05) is 23.7 Å². The number of rotatable bonds is 4. The van der Waals surface area contributed by atoms with Gasteiger partial charge in [-0.15, -0.1) is 0 Å². The highest BCUT2D eigenvalue weighted by Gasteiger charge is 2.37. The summed E-state index contributed by atoms with van der Waals surface area (Å²) in [5, 5.41) is 5.56. The molecule has 4 nitrogen and oxygen atoms in total. The summed E-state index contributed by atoms with van der Waals surface area (Å²) in [6.07, 6.45) is -3.48. The smallest absolute Gasteiger partial charge is 0.323 e. The molecule has 0 bridgehead atoms. The highest BCUT2D eigenvalue weighted by molar-refractivity contribution is 6.30. The standard InChI is InChI=1S/C22H18ClF4N3O/c1-13-4-3-5-18(8-13)29-20(31)30-21(2,19-7-6-16(23)12-28-19)14-9-15(22(25,26)27)11-17(24)10-14/h3-12H,1-2H3,(H2,29,30,31). The molecule has 0 radical (unpaired) electrons. The molecule has 2 N–H and O–H groups in total. The van der Waals surface area contributed by atoms with Gasteiger partial charge < -0.3 is 10.6 Å². The van der Waals surface area contributed by atoms with E-state index in [1.807, 2.05) is 13.0 Å². The summed E-state index contributed by atoms with van der Waals surface area (Å²) in [7, 11) is 0. The Labute approximate surface area is 181 Å². The van der Waals surface area contributed by atoms with Crippen molar-refractivity contribution in [1.29, 1.82) is 0 Å². The zero-order valence-electron chi connectivity index (χ0n) is 16.5. The first-order valence-electron chi connectivity index (χ1n) is 9.13. The molecule has 0 aliphatic rings. The summed E-state index contributed by atoms with van der Waals surface area (Å²) in [6, 6.07) is 11.3. The maximum absolute atomic E-state index is 14.1. The Balaban J connectivity index is 2.05. The number of anilines is 1. The number of hydrogen-bond acceptors (Lipinski definition) is 2. The number of halogens is 5. The number of alkyl halides is 3. The normalized spacial score (nSPS) is 13.4. The predicted octanol–water partition coefficient (Wildman–Crippen LogP) is 6.29. The summed E-state index contributed by atoms with van der Waals surface area (Å²) in [5.74, 6) is -1.09. The quantitative estimate of drug-likeness (QED) is 0.458. The number of nitrogens with zero attached hydrogens (tertiary/aromatic N) is 1. The van der Waals surface area contributed by atoms with Gasteiger partial charge in [0.15, 0.2) is 0 Å². The van der Waals surface area contributed by atoms with Gasteiger partial charge in [0.25, 0.3) is 0 Å². The molecule has 31 heavy (non-hydrogen) atoms. The number of aromatic nitrogens is 1. The highest BCUT2D eigenvalue weighted by Crippen LogP contribution is 2.35. The minimum absolute atomic E-state index is 0.131. The van der Waals surface area contributed by atoms with Gasteiger partial charge in [-0.2, -0.15) is 13.2 Å². The molecule has 0 fully saturated rings. The number of pyridine rings is 1. The molecule has 0 saturated carbocycles. The number of carbonyl (C=O) groups is 1. The second-order valence-corrected chi connectivity index (χ2v) is 7.60. The summed E-state index contributed by atoms with van der Waals surface area (Å²) in [4.78, 5) is 16.9. The summed E-state index contributed by atoms with van der Waals surface area (Å²) < 4.78 is 54.0. The lowest BCUT2D eigenvalue weighted by atomic mass is 9.87. The Hall–Kier alpha value is -3.13. The minimum Gasteiger partial charge on any atom is -0.323 e. The molecule has 3 aromatic rings.